The van der Waals surface area contributed by atoms with Crippen LogP contribution in [0.1, 0.15) is 0 Å². The largest absolute Gasteiger partial charge is 0.439 e. The summed E-state index contributed by atoms with van der Waals surface area (Å²) in [4.78, 5) is 0. The van der Waals surface area contributed by atoms with Crippen molar-refractivity contribution in [3.8, 4) is 0 Å². The molecule has 0 amide bonds. The predicted molar refractivity (Wildman–Crippen MR) is 213 cm³/mol. The second-order valence-electron chi connectivity index (χ2n) is 18.2. The van der Waals surface area contributed by atoms with Crippen LogP contribution < -0.4 is 0 Å². The molecule has 0 rings (SSSR count). The zero-order valence-corrected chi connectivity index (χ0v) is 43.1. The van der Waals surface area contributed by atoms with Crippen molar-refractivity contribution < 1.29 is 28.8 Å². The highest BCUT2D eigenvalue weighted by atomic mass is 28.5. The van der Waals surface area contributed by atoms with Gasteiger partial charge < -0.3 is 28.8 Å². The van der Waals surface area contributed by atoms with Crippen LogP contribution in [0.4, 0.5) is 0 Å². The fraction of sp³-hybridized carbons (Fsp3) is 1.00. The smallest absolute Gasteiger partial charge is 0.312 e. The summed E-state index contributed by atoms with van der Waals surface area (Å²) in [6, 6.07) is 0. The van der Waals surface area contributed by atoms with Crippen LogP contribution in [0.2, 0.25) is 164 Å². The second-order valence-corrected chi connectivity index (χ2v) is 59.0. The molecular weight excluding hydrogens is 693 g/mol. The van der Waals surface area contributed by atoms with E-state index in [9.17, 15) is 0 Å². The van der Waals surface area contributed by atoms with Crippen molar-refractivity contribution in [3.05, 3.63) is 0 Å². The molecule has 7 nitrogen and oxygen atoms in total. The lowest BCUT2D eigenvalue weighted by Gasteiger charge is -2.39. The van der Waals surface area contributed by atoms with E-state index in [0.29, 0.717) is 0 Å². The van der Waals surface area contributed by atoms with Gasteiger partial charge in [0.05, 0.1) is 0 Å². The molecule has 17 heteroatoms. The maximum atomic E-state index is 6.28. The van der Waals surface area contributed by atoms with Crippen molar-refractivity contribution in [1.82, 2.24) is 0 Å². The first-order valence-corrected chi connectivity index (χ1v) is 46.5. The van der Waals surface area contributed by atoms with E-state index < -0.39 is 84.9 Å². The summed E-state index contributed by atoms with van der Waals surface area (Å²) in [6.07, 6.45) is 0. The Hall–Kier alpha value is 1.89. The zero-order chi connectivity index (χ0) is 35.0. The van der Waals surface area contributed by atoms with Crippen LogP contribution in [-0.2, 0) is 28.8 Å². The summed E-state index contributed by atoms with van der Waals surface area (Å²) in [7, 11) is -15.9. The van der Waals surface area contributed by atoms with Gasteiger partial charge in [-0.15, -0.1) is 0 Å². The van der Waals surface area contributed by atoms with Gasteiger partial charge in [-0.3, -0.25) is 0 Å². The molecule has 0 bridgehead atoms. The quantitative estimate of drug-likeness (QED) is 0.163. The van der Waals surface area contributed by atoms with Crippen LogP contribution in [0.15, 0.2) is 0 Å². The monoisotopic (exact) mass is 768 g/mol. The molecule has 0 fully saturated rings. The van der Waals surface area contributed by atoms with Gasteiger partial charge in [-0.05, 0) is 164 Å². The summed E-state index contributed by atoms with van der Waals surface area (Å²) in [5.74, 6) is 0. The molecule has 0 aliphatic rings. The fourth-order valence-electron chi connectivity index (χ4n) is 4.62. The first-order chi connectivity index (χ1) is 17.6. The molecule has 0 spiro atoms. The Morgan fingerprint density at radius 2 is 0.429 bits per heavy atom. The third kappa shape index (κ3) is 39.9. The average Bonchev–Trinajstić information content (AvgIpc) is 2.38. The van der Waals surface area contributed by atoms with E-state index in [4.69, 9.17) is 28.8 Å². The minimum Gasteiger partial charge on any atom is -0.439 e. The van der Waals surface area contributed by atoms with Gasteiger partial charge in [-0.2, -0.15) is 0 Å². The SMILES string of the molecule is C[SiH](O[Si](C)(C)C)O[Si](C)(C)C.C[Si](C)(C)O[Si](C)(C)O[Si](C)(C)C.C[Si](C)(C)O[Si](C)(C)O[Si](C)(C)O[Si](C)(C)C. The van der Waals surface area contributed by atoms with E-state index in [1.54, 1.807) is 0 Å². The summed E-state index contributed by atoms with van der Waals surface area (Å²) in [5.41, 5.74) is 0. The summed E-state index contributed by atoms with van der Waals surface area (Å²) < 4.78 is 42.7. The van der Waals surface area contributed by atoms with Crippen LogP contribution in [0.25, 0.3) is 0 Å². The molecule has 42 heavy (non-hydrogen) atoms. The third-order valence-corrected chi connectivity index (χ3v) is 33.6. The van der Waals surface area contributed by atoms with Gasteiger partial charge in [0.15, 0.2) is 49.9 Å². The topological polar surface area (TPSA) is 64.6 Å². The molecule has 0 aromatic rings. The molecular formula is C25H76O7Si10. The minimum atomic E-state index is -2.05. The fourth-order valence-corrected chi connectivity index (χ4v) is 43.2. The van der Waals surface area contributed by atoms with E-state index in [0.717, 1.165) is 0 Å². The molecule has 0 saturated heterocycles. The lowest BCUT2D eigenvalue weighted by Crippen LogP contribution is -2.55. The van der Waals surface area contributed by atoms with Crippen molar-refractivity contribution in [2.24, 2.45) is 0 Å². The minimum absolute atomic E-state index is 1.33. The Morgan fingerprint density at radius 1 is 0.262 bits per heavy atom. The maximum absolute atomic E-state index is 6.28. The third-order valence-electron chi connectivity index (χ3n) is 3.74. The van der Waals surface area contributed by atoms with Crippen molar-refractivity contribution in [2.45, 2.75) is 164 Å². The normalized spacial score (nSPS) is 14.7. The molecule has 0 saturated carbocycles. The van der Waals surface area contributed by atoms with E-state index >= 15 is 0 Å². The molecule has 0 aromatic carbocycles. The van der Waals surface area contributed by atoms with E-state index in [1.165, 1.54) is 0 Å². The van der Waals surface area contributed by atoms with Crippen LogP contribution in [0, 0.1) is 0 Å². The Balaban J connectivity index is -0.000000554. The van der Waals surface area contributed by atoms with E-state index in [2.05, 4.69) is 164 Å². The van der Waals surface area contributed by atoms with E-state index in [-0.39, 0.29) is 0 Å². The average molecular weight is 770 g/mol. The highest BCUT2D eigenvalue weighted by Gasteiger charge is 2.41. The zero-order valence-electron chi connectivity index (χ0n) is 32.9. The van der Waals surface area contributed by atoms with Crippen molar-refractivity contribution in [1.29, 1.82) is 0 Å². The summed E-state index contributed by atoms with van der Waals surface area (Å²) >= 11 is 0. The molecule has 0 heterocycles. The van der Waals surface area contributed by atoms with Crippen LogP contribution >= 0.6 is 0 Å². The second kappa shape index (κ2) is 17.3. The van der Waals surface area contributed by atoms with Gasteiger partial charge in [0, 0.05) is 0 Å². The van der Waals surface area contributed by atoms with Gasteiger partial charge >= 0.3 is 25.7 Å². The molecule has 0 N–H and O–H groups in total. The lowest BCUT2D eigenvalue weighted by atomic mass is 11.8. The standard InChI is InChI=1S/C10H30O3Si4.C8H24O2Si3.C7H22O2Si3/c1-14(2,3)11-16(7,8)13-17(9,10)12-15(4,5)6;1-11(2,3)9-13(7,8)10-12(4,5)6;1-10(8-11(2,3)4)9-12(5,6)7/h1-10H3;1-8H3;10H,1-7H3. The Morgan fingerprint density at radius 3 is 0.571 bits per heavy atom. The van der Waals surface area contributed by atoms with Gasteiger partial charge in [0.2, 0.25) is 0 Å². The predicted octanol–water partition coefficient (Wildman–Crippen LogP) is 10.0. The Kier molecular flexibility index (Phi) is 19.9. The van der Waals surface area contributed by atoms with Crippen LogP contribution in [0.3, 0.4) is 0 Å². The molecule has 0 aliphatic heterocycles. The molecule has 0 aromatic heterocycles. The first kappa shape index (κ1) is 48.3. The lowest BCUT2D eigenvalue weighted by molar-refractivity contribution is 0.331. The molecule has 0 aliphatic carbocycles. The highest BCUT2D eigenvalue weighted by molar-refractivity contribution is 6.89. The summed E-state index contributed by atoms with van der Waals surface area (Å²) in [6.45, 7) is 54.8. The number of rotatable bonds is 14. The maximum Gasteiger partial charge on any atom is 0.312 e. The number of hydrogen-bond donors (Lipinski definition) is 0. The van der Waals surface area contributed by atoms with Gasteiger partial charge in [-0.1, -0.05) is 0 Å². The van der Waals surface area contributed by atoms with Gasteiger partial charge in [-0.25, -0.2) is 0 Å². The molecule has 258 valence electrons. The highest BCUT2D eigenvalue weighted by Crippen LogP contribution is 2.24. The Labute approximate surface area is 275 Å². The number of hydrogen-bond acceptors (Lipinski definition) is 7. The first-order valence-electron chi connectivity index (χ1n) is 15.5. The van der Waals surface area contributed by atoms with Gasteiger partial charge in [0.25, 0.3) is 9.28 Å². The van der Waals surface area contributed by atoms with Crippen molar-refractivity contribution in [3.63, 3.8) is 0 Å². The molecule has 0 unspecified atom stereocenters. The van der Waals surface area contributed by atoms with Crippen molar-refractivity contribution >= 4 is 84.9 Å². The van der Waals surface area contributed by atoms with Crippen LogP contribution in [-0.4, -0.2) is 84.9 Å². The molecule has 0 atom stereocenters. The summed E-state index contributed by atoms with van der Waals surface area (Å²) in [5, 5.41) is 0. The van der Waals surface area contributed by atoms with Crippen LogP contribution in [0.5, 0.6) is 0 Å². The molecule has 0 radical (unpaired) electrons. The van der Waals surface area contributed by atoms with Gasteiger partial charge in [0.1, 0.15) is 0 Å². The van der Waals surface area contributed by atoms with Crippen molar-refractivity contribution in [2.75, 3.05) is 0 Å². The van der Waals surface area contributed by atoms with E-state index in [1.807, 2.05) is 0 Å². The Bertz CT molecular complexity index is 696.